The zero-order valence-corrected chi connectivity index (χ0v) is 13.4. The highest BCUT2D eigenvalue weighted by atomic mass is 16.1. The summed E-state index contributed by atoms with van der Waals surface area (Å²) in [5.41, 5.74) is 10.6. The van der Waals surface area contributed by atoms with Gasteiger partial charge in [0.25, 0.3) is 5.91 Å². The van der Waals surface area contributed by atoms with E-state index >= 15 is 0 Å². The highest BCUT2D eigenvalue weighted by Crippen LogP contribution is 2.21. The van der Waals surface area contributed by atoms with Gasteiger partial charge in [-0.15, -0.1) is 0 Å². The fraction of sp³-hybridized carbons (Fsp3) is 0.0952. The van der Waals surface area contributed by atoms with E-state index in [0.717, 1.165) is 22.3 Å². The topological polar surface area (TPSA) is 55.1 Å². The van der Waals surface area contributed by atoms with E-state index in [1.165, 1.54) is 0 Å². The summed E-state index contributed by atoms with van der Waals surface area (Å²) in [5, 5.41) is 2.96. The molecular formula is C21H20N2O. The summed E-state index contributed by atoms with van der Waals surface area (Å²) < 4.78 is 0. The Morgan fingerprint density at radius 2 is 1.46 bits per heavy atom. The predicted molar refractivity (Wildman–Crippen MR) is 97.4 cm³/mol. The van der Waals surface area contributed by atoms with E-state index in [-0.39, 0.29) is 5.91 Å². The maximum absolute atomic E-state index is 12.4. The molecule has 0 atom stereocenters. The fourth-order valence-corrected chi connectivity index (χ4v) is 2.60. The van der Waals surface area contributed by atoms with Gasteiger partial charge in [0, 0.05) is 18.7 Å². The van der Waals surface area contributed by atoms with Crippen molar-refractivity contribution in [2.75, 3.05) is 0 Å². The molecule has 3 nitrogen and oxygen atoms in total. The van der Waals surface area contributed by atoms with Gasteiger partial charge in [-0.3, -0.25) is 4.79 Å². The van der Waals surface area contributed by atoms with Crippen LogP contribution in [0.2, 0.25) is 0 Å². The van der Waals surface area contributed by atoms with Crippen LogP contribution in [0.15, 0.2) is 78.9 Å². The van der Waals surface area contributed by atoms with Gasteiger partial charge in [0.05, 0.1) is 0 Å². The van der Waals surface area contributed by atoms with Crippen LogP contribution in [0.25, 0.3) is 11.1 Å². The van der Waals surface area contributed by atoms with Crippen molar-refractivity contribution < 1.29 is 4.79 Å². The standard InChI is InChI=1S/C21H20N2O/c22-14-17-8-4-9-18(12-17)19-10-5-11-20(13-19)21(24)23-15-16-6-2-1-3-7-16/h1-13H,14-15,22H2,(H,23,24). The van der Waals surface area contributed by atoms with Crippen molar-refractivity contribution in [3.05, 3.63) is 95.6 Å². The molecule has 1 amide bonds. The van der Waals surface area contributed by atoms with Gasteiger partial charge >= 0.3 is 0 Å². The first-order chi connectivity index (χ1) is 11.8. The number of carbonyl (C=O) groups excluding carboxylic acids is 1. The number of nitrogens with two attached hydrogens (primary N) is 1. The third-order valence-electron chi connectivity index (χ3n) is 3.92. The molecule has 0 saturated carbocycles. The van der Waals surface area contributed by atoms with Gasteiger partial charge in [-0.05, 0) is 40.5 Å². The van der Waals surface area contributed by atoms with Gasteiger partial charge in [-0.2, -0.15) is 0 Å². The predicted octanol–water partition coefficient (Wildman–Crippen LogP) is 3.74. The van der Waals surface area contributed by atoms with Crippen molar-refractivity contribution in [1.82, 2.24) is 5.32 Å². The first kappa shape index (κ1) is 16.0. The lowest BCUT2D eigenvalue weighted by Crippen LogP contribution is -2.22. The number of amides is 1. The Morgan fingerprint density at radius 3 is 2.21 bits per heavy atom. The minimum atomic E-state index is -0.0734. The Balaban J connectivity index is 1.76. The number of rotatable bonds is 5. The average molecular weight is 316 g/mol. The molecule has 120 valence electrons. The first-order valence-electron chi connectivity index (χ1n) is 7.98. The largest absolute Gasteiger partial charge is 0.348 e. The molecule has 0 aliphatic carbocycles. The van der Waals surface area contributed by atoms with E-state index in [9.17, 15) is 4.79 Å². The van der Waals surface area contributed by atoms with Gasteiger partial charge in [0.2, 0.25) is 0 Å². The number of hydrogen-bond donors (Lipinski definition) is 2. The molecule has 0 unspecified atom stereocenters. The first-order valence-corrected chi connectivity index (χ1v) is 7.98. The zero-order valence-electron chi connectivity index (χ0n) is 13.4. The van der Waals surface area contributed by atoms with Crippen LogP contribution >= 0.6 is 0 Å². The second kappa shape index (κ2) is 7.57. The third kappa shape index (κ3) is 3.89. The lowest BCUT2D eigenvalue weighted by Gasteiger charge is -2.08. The van der Waals surface area contributed by atoms with Gasteiger partial charge in [-0.1, -0.05) is 60.7 Å². The fourth-order valence-electron chi connectivity index (χ4n) is 2.60. The van der Waals surface area contributed by atoms with E-state index in [0.29, 0.717) is 18.7 Å². The molecule has 0 spiro atoms. The van der Waals surface area contributed by atoms with Crippen LogP contribution in [-0.4, -0.2) is 5.91 Å². The number of carbonyl (C=O) groups is 1. The third-order valence-corrected chi connectivity index (χ3v) is 3.92. The smallest absolute Gasteiger partial charge is 0.251 e. The molecule has 0 aliphatic heterocycles. The van der Waals surface area contributed by atoms with Gasteiger partial charge in [-0.25, -0.2) is 0 Å². The molecule has 0 aliphatic rings. The van der Waals surface area contributed by atoms with Crippen molar-refractivity contribution in [2.45, 2.75) is 13.1 Å². The Hall–Kier alpha value is -2.91. The van der Waals surface area contributed by atoms with Crippen molar-refractivity contribution >= 4 is 5.91 Å². The lowest BCUT2D eigenvalue weighted by molar-refractivity contribution is 0.0951. The highest BCUT2D eigenvalue weighted by Gasteiger charge is 2.07. The van der Waals surface area contributed by atoms with Gasteiger partial charge in [0.1, 0.15) is 0 Å². The molecule has 0 radical (unpaired) electrons. The van der Waals surface area contributed by atoms with Crippen LogP contribution in [0.3, 0.4) is 0 Å². The monoisotopic (exact) mass is 316 g/mol. The lowest BCUT2D eigenvalue weighted by atomic mass is 10.0. The van der Waals surface area contributed by atoms with Crippen LogP contribution in [0.5, 0.6) is 0 Å². The van der Waals surface area contributed by atoms with Crippen LogP contribution in [0, 0.1) is 0 Å². The van der Waals surface area contributed by atoms with Crippen molar-refractivity contribution in [1.29, 1.82) is 0 Å². The summed E-state index contributed by atoms with van der Waals surface area (Å²) in [7, 11) is 0. The van der Waals surface area contributed by atoms with Crippen LogP contribution in [-0.2, 0) is 13.1 Å². The zero-order chi connectivity index (χ0) is 16.8. The van der Waals surface area contributed by atoms with Crippen molar-refractivity contribution in [2.24, 2.45) is 5.73 Å². The Morgan fingerprint density at radius 1 is 0.792 bits per heavy atom. The van der Waals surface area contributed by atoms with Crippen molar-refractivity contribution in [3.63, 3.8) is 0 Å². The molecule has 3 N–H and O–H groups in total. The van der Waals surface area contributed by atoms with Crippen molar-refractivity contribution in [3.8, 4) is 11.1 Å². The van der Waals surface area contributed by atoms with Crippen LogP contribution in [0.1, 0.15) is 21.5 Å². The molecule has 0 heterocycles. The number of hydrogen-bond acceptors (Lipinski definition) is 2. The van der Waals surface area contributed by atoms with Gasteiger partial charge in [0.15, 0.2) is 0 Å². The van der Waals surface area contributed by atoms with E-state index < -0.39 is 0 Å². The summed E-state index contributed by atoms with van der Waals surface area (Å²) in [6.07, 6.45) is 0. The molecule has 0 saturated heterocycles. The van der Waals surface area contributed by atoms with E-state index in [1.54, 1.807) is 0 Å². The molecule has 0 aromatic heterocycles. The van der Waals surface area contributed by atoms with Gasteiger partial charge < -0.3 is 11.1 Å². The summed E-state index contributed by atoms with van der Waals surface area (Å²) in [6.45, 7) is 1.03. The van der Waals surface area contributed by atoms with E-state index in [2.05, 4.69) is 11.4 Å². The summed E-state index contributed by atoms with van der Waals surface area (Å²) in [4.78, 5) is 12.4. The Kier molecular flexibility index (Phi) is 5.04. The van der Waals surface area contributed by atoms with Crippen LogP contribution < -0.4 is 11.1 Å². The maximum atomic E-state index is 12.4. The van der Waals surface area contributed by atoms with Crippen LogP contribution in [0.4, 0.5) is 0 Å². The average Bonchev–Trinajstić information content (AvgIpc) is 2.67. The second-order valence-corrected chi connectivity index (χ2v) is 5.65. The van der Waals surface area contributed by atoms with E-state index in [4.69, 9.17) is 5.73 Å². The summed E-state index contributed by atoms with van der Waals surface area (Å²) in [5.74, 6) is -0.0734. The highest BCUT2D eigenvalue weighted by molar-refractivity contribution is 5.95. The minimum absolute atomic E-state index is 0.0734. The molecular weight excluding hydrogens is 296 g/mol. The number of benzene rings is 3. The maximum Gasteiger partial charge on any atom is 0.251 e. The van der Waals surface area contributed by atoms with E-state index in [1.807, 2.05) is 72.8 Å². The molecule has 24 heavy (non-hydrogen) atoms. The number of nitrogens with one attached hydrogen (secondary N) is 1. The minimum Gasteiger partial charge on any atom is -0.348 e. The molecule has 3 aromatic carbocycles. The summed E-state index contributed by atoms with van der Waals surface area (Å²) in [6, 6.07) is 25.6. The molecule has 0 bridgehead atoms. The molecule has 3 rings (SSSR count). The molecule has 3 heteroatoms. The molecule has 0 fully saturated rings. The quantitative estimate of drug-likeness (QED) is 0.753. The second-order valence-electron chi connectivity index (χ2n) is 5.65. The Bertz CT molecular complexity index is 828. The normalized spacial score (nSPS) is 10.4. The summed E-state index contributed by atoms with van der Waals surface area (Å²) >= 11 is 0. The SMILES string of the molecule is NCc1cccc(-c2cccc(C(=O)NCc3ccccc3)c2)c1. The Labute approximate surface area is 142 Å². The molecule has 3 aromatic rings.